The van der Waals surface area contributed by atoms with E-state index in [0.29, 0.717) is 51.2 Å². The predicted molar refractivity (Wildman–Crippen MR) is 149 cm³/mol. The van der Waals surface area contributed by atoms with Crippen molar-refractivity contribution in [3.8, 4) is 5.75 Å². The molecule has 2 aromatic carbocycles. The molecule has 10 nitrogen and oxygen atoms in total. The Bertz CT molecular complexity index is 1210. The second kappa shape index (κ2) is 12.9. The number of hydrogen-bond acceptors (Lipinski definition) is 8. The molecule has 3 saturated heterocycles. The number of ether oxygens (including phenoxy) is 3. The first kappa shape index (κ1) is 28.8. The van der Waals surface area contributed by atoms with Gasteiger partial charge < -0.3 is 24.6 Å². The van der Waals surface area contributed by atoms with Crippen LogP contribution in [0.4, 0.5) is 4.79 Å². The lowest BCUT2D eigenvalue weighted by atomic mass is 9.95. The van der Waals surface area contributed by atoms with E-state index >= 15 is 0 Å². The van der Waals surface area contributed by atoms with Crippen molar-refractivity contribution in [2.45, 2.75) is 79.8 Å². The molecule has 3 fully saturated rings. The van der Waals surface area contributed by atoms with E-state index in [1.165, 1.54) is 0 Å². The molecule has 0 aromatic heterocycles. The van der Waals surface area contributed by atoms with E-state index in [9.17, 15) is 18.3 Å². The van der Waals surface area contributed by atoms with Crippen LogP contribution in [-0.2, 0) is 25.9 Å². The van der Waals surface area contributed by atoms with Crippen molar-refractivity contribution in [3.05, 3.63) is 60.2 Å². The Morgan fingerprint density at radius 2 is 1.77 bits per heavy atom. The number of methoxy groups -OCH3 is 1. The first-order valence-electron chi connectivity index (χ1n) is 14.0. The van der Waals surface area contributed by atoms with E-state index in [-0.39, 0.29) is 29.1 Å². The predicted octanol–water partition coefficient (Wildman–Crippen LogP) is 2.46. The molecule has 5 rings (SSSR count). The summed E-state index contributed by atoms with van der Waals surface area (Å²) in [5, 5.41) is 14.3. The number of carbonyl (C=O) groups is 1. The van der Waals surface area contributed by atoms with Crippen LogP contribution in [0.5, 0.6) is 5.75 Å². The summed E-state index contributed by atoms with van der Waals surface area (Å²) in [6, 6.07) is 15.7. The van der Waals surface area contributed by atoms with Crippen molar-refractivity contribution in [2.24, 2.45) is 0 Å². The third kappa shape index (κ3) is 7.13. The van der Waals surface area contributed by atoms with Crippen LogP contribution < -0.4 is 14.8 Å². The maximum atomic E-state index is 13.0. The van der Waals surface area contributed by atoms with Gasteiger partial charge >= 0.3 is 6.09 Å². The lowest BCUT2D eigenvalue weighted by Gasteiger charge is -2.41. The van der Waals surface area contributed by atoms with Crippen LogP contribution in [0.2, 0.25) is 0 Å². The lowest BCUT2D eigenvalue weighted by Crippen LogP contribution is -2.55. The highest BCUT2D eigenvalue weighted by atomic mass is 32.2. The van der Waals surface area contributed by atoms with Crippen molar-refractivity contribution in [1.82, 2.24) is 14.9 Å². The molecular weight excluding hydrogens is 534 g/mol. The van der Waals surface area contributed by atoms with Crippen LogP contribution in [0.3, 0.4) is 0 Å². The Labute approximate surface area is 236 Å². The number of benzene rings is 2. The molecule has 3 aliphatic heterocycles. The summed E-state index contributed by atoms with van der Waals surface area (Å²) in [5.41, 5.74) is 1.01. The minimum atomic E-state index is -3.66. The number of nitrogens with zero attached hydrogens (tertiary/aromatic N) is 1. The highest BCUT2D eigenvalue weighted by Crippen LogP contribution is 2.36. The van der Waals surface area contributed by atoms with Crippen LogP contribution in [0.25, 0.3) is 0 Å². The molecule has 6 atom stereocenters. The average molecular weight is 574 g/mol. The Hall–Kier alpha value is -2.70. The minimum absolute atomic E-state index is 0.150. The normalized spacial score (nSPS) is 26.2. The lowest BCUT2D eigenvalue weighted by molar-refractivity contribution is 0.0306. The van der Waals surface area contributed by atoms with E-state index < -0.39 is 28.3 Å². The SMILES string of the molecule is COc1ccc(S(=O)(=O)NC2C[C@H]3CC[C@@H](C2)N3CC(O)[C@H](Cc2ccccc2)NC(=O)O[C@@H]2CCOC2)cc1. The topological polar surface area (TPSA) is 126 Å². The minimum Gasteiger partial charge on any atom is -0.497 e. The number of hydrogen-bond donors (Lipinski definition) is 3. The van der Waals surface area contributed by atoms with Gasteiger partial charge in [-0.05, 0) is 61.9 Å². The molecular formula is C29H39N3O7S. The number of carbonyl (C=O) groups excluding carboxylic acids is 1. The summed E-state index contributed by atoms with van der Waals surface area (Å²) in [6.07, 6.45) is 2.69. The van der Waals surface area contributed by atoms with Crippen LogP contribution in [-0.4, -0.2) is 87.8 Å². The van der Waals surface area contributed by atoms with Gasteiger partial charge in [0.1, 0.15) is 11.9 Å². The average Bonchev–Trinajstić information content (AvgIpc) is 3.53. The van der Waals surface area contributed by atoms with Crippen molar-refractivity contribution < 1.29 is 32.5 Å². The van der Waals surface area contributed by atoms with Gasteiger partial charge in [0.15, 0.2) is 0 Å². The van der Waals surface area contributed by atoms with E-state index in [4.69, 9.17) is 14.2 Å². The van der Waals surface area contributed by atoms with Crippen LogP contribution in [0.15, 0.2) is 59.5 Å². The summed E-state index contributed by atoms with van der Waals surface area (Å²) >= 11 is 0. The molecule has 0 saturated carbocycles. The molecule has 40 heavy (non-hydrogen) atoms. The van der Waals surface area contributed by atoms with E-state index in [1.54, 1.807) is 31.4 Å². The summed E-state index contributed by atoms with van der Waals surface area (Å²) in [7, 11) is -2.12. The van der Waals surface area contributed by atoms with E-state index in [2.05, 4.69) is 14.9 Å². The molecule has 2 bridgehead atoms. The third-order valence-electron chi connectivity index (χ3n) is 8.20. The monoisotopic (exact) mass is 573 g/mol. The highest BCUT2D eigenvalue weighted by Gasteiger charge is 2.43. The summed E-state index contributed by atoms with van der Waals surface area (Å²) in [5.74, 6) is 0.602. The number of piperidine rings is 1. The summed E-state index contributed by atoms with van der Waals surface area (Å²) in [6.45, 7) is 1.35. The molecule has 3 heterocycles. The number of aliphatic hydroxyl groups excluding tert-OH is 1. The second-order valence-electron chi connectivity index (χ2n) is 10.9. The van der Waals surface area contributed by atoms with Crippen molar-refractivity contribution in [1.29, 1.82) is 0 Å². The quantitative estimate of drug-likeness (QED) is 0.374. The fourth-order valence-electron chi connectivity index (χ4n) is 6.15. The Morgan fingerprint density at radius 1 is 1.07 bits per heavy atom. The van der Waals surface area contributed by atoms with Crippen molar-refractivity contribution >= 4 is 16.1 Å². The first-order chi connectivity index (χ1) is 19.3. The molecule has 0 aliphatic carbocycles. The van der Waals surface area contributed by atoms with Gasteiger partial charge in [-0.1, -0.05) is 30.3 Å². The van der Waals surface area contributed by atoms with Gasteiger partial charge in [-0.25, -0.2) is 17.9 Å². The number of aliphatic hydroxyl groups is 1. The number of nitrogens with one attached hydrogen (secondary N) is 2. The molecule has 11 heteroatoms. The molecule has 0 spiro atoms. The third-order valence-corrected chi connectivity index (χ3v) is 9.74. The van der Waals surface area contributed by atoms with Crippen molar-refractivity contribution in [2.75, 3.05) is 26.9 Å². The fourth-order valence-corrected chi connectivity index (χ4v) is 7.41. The zero-order valence-corrected chi connectivity index (χ0v) is 23.6. The zero-order valence-electron chi connectivity index (χ0n) is 22.8. The smallest absolute Gasteiger partial charge is 0.407 e. The molecule has 2 aromatic rings. The van der Waals surface area contributed by atoms with Crippen LogP contribution in [0.1, 0.15) is 37.7 Å². The molecule has 1 amide bonds. The number of sulfonamides is 1. The van der Waals surface area contributed by atoms with Gasteiger partial charge in [-0.3, -0.25) is 4.90 Å². The van der Waals surface area contributed by atoms with E-state index in [0.717, 1.165) is 18.4 Å². The fraction of sp³-hybridized carbons (Fsp3) is 0.552. The zero-order chi connectivity index (χ0) is 28.1. The van der Waals surface area contributed by atoms with Crippen molar-refractivity contribution in [3.63, 3.8) is 0 Å². The maximum absolute atomic E-state index is 13.0. The second-order valence-corrected chi connectivity index (χ2v) is 12.7. The summed E-state index contributed by atoms with van der Waals surface area (Å²) in [4.78, 5) is 15.2. The molecule has 3 N–H and O–H groups in total. The molecule has 0 radical (unpaired) electrons. The van der Waals surface area contributed by atoms with Gasteiger partial charge in [0.25, 0.3) is 0 Å². The van der Waals surface area contributed by atoms with E-state index in [1.807, 2.05) is 30.3 Å². The maximum Gasteiger partial charge on any atom is 0.407 e. The van der Waals surface area contributed by atoms with Gasteiger partial charge in [-0.15, -0.1) is 0 Å². The Morgan fingerprint density at radius 3 is 2.40 bits per heavy atom. The number of fused-ring (bicyclic) bond motifs is 2. The Balaban J connectivity index is 1.21. The van der Waals surface area contributed by atoms with Crippen LogP contribution >= 0.6 is 0 Å². The van der Waals surface area contributed by atoms with Gasteiger partial charge in [0.05, 0.1) is 37.4 Å². The number of amides is 1. The van der Waals surface area contributed by atoms with Crippen LogP contribution in [0, 0.1) is 0 Å². The number of rotatable bonds is 11. The highest BCUT2D eigenvalue weighted by molar-refractivity contribution is 7.89. The molecule has 218 valence electrons. The number of alkyl carbamates (subject to hydrolysis) is 1. The van der Waals surface area contributed by atoms with Gasteiger partial charge in [0, 0.05) is 31.1 Å². The van der Waals surface area contributed by atoms with Gasteiger partial charge in [-0.2, -0.15) is 0 Å². The molecule has 2 unspecified atom stereocenters. The Kier molecular flexibility index (Phi) is 9.27. The standard InChI is InChI=1S/C29H39N3O7S/c1-37-24-9-11-26(12-10-24)40(35,36)31-21-16-22-7-8-23(17-21)32(22)18-28(33)27(15-20-5-3-2-4-6-20)30-29(34)39-25-13-14-38-19-25/h2-6,9-12,21-23,25,27-28,31,33H,7-8,13-19H2,1H3,(H,30,34)/t21?,22-,23+,25-,27+,28?/m1/s1. The van der Waals surface area contributed by atoms with Gasteiger partial charge in [0.2, 0.25) is 10.0 Å². The molecule has 3 aliphatic rings. The first-order valence-corrected chi connectivity index (χ1v) is 15.5. The largest absolute Gasteiger partial charge is 0.497 e. The summed E-state index contributed by atoms with van der Waals surface area (Å²) < 4.78 is 44.9.